The summed E-state index contributed by atoms with van der Waals surface area (Å²) < 4.78 is 9.98. The SMILES string of the molecule is COc1cc(O)c(C(=O)CCO)cc1OC. The third kappa shape index (κ3) is 2.43. The highest BCUT2D eigenvalue weighted by molar-refractivity contribution is 5.99. The summed E-state index contributed by atoms with van der Waals surface area (Å²) in [7, 11) is 2.88. The fraction of sp³-hybridized carbons (Fsp3) is 0.364. The maximum absolute atomic E-state index is 11.5. The Morgan fingerprint density at radius 1 is 1.25 bits per heavy atom. The lowest BCUT2D eigenvalue weighted by Crippen LogP contribution is -2.03. The number of hydrogen-bond donors (Lipinski definition) is 2. The largest absolute Gasteiger partial charge is 0.507 e. The highest BCUT2D eigenvalue weighted by atomic mass is 16.5. The normalized spacial score (nSPS) is 9.94. The van der Waals surface area contributed by atoms with E-state index >= 15 is 0 Å². The molecule has 0 saturated heterocycles. The van der Waals surface area contributed by atoms with Gasteiger partial charge in [-0.25, -0.2) is 0 Å². The molecule has 0 heterocycles. The van der Waals surface area contributed by atoms with Crippen molar-refractivity contribution >= 4 is 5.78 Å². The number of carbonyl (C=O) groups is 1. The van der Waals surface area contributed by atoms with Crippen molar-refractivity contribution in [2.24, 2.45) is 0 Å². The summed E-state index contributed by atoms with van der Waals surface area (Å²) in [4.78, 5) is 11.5. The molecule has 0 radical (unpaired) electrons. The number of phenols is 1. The minimum absolute atomic E-state index is 0.0386. The average Bonchev–Trinajstić information content (AvgIpc) is 2.28. The first kappa shape index (κ1) is 12.3. The van der Waals surface area contributed by atoms with Gasteiger partial charge in [0.25, 0.3) is 0 Å². The Kier molecular flexibility index (Phi) is 4.13. The number of ketones is 1. The molecule has 0 aliphatic carbocycles. The van der Waals surface area contributed by atoms with Gasteiger partial charge in [-0.1, -0.05) is 0 Å². The van der Waals surface area contributed by atoms with Crippen molar-refractivity contribution in [3.63, 3.8) is 0 Å². The predicted octanol–water partition coefficient (Wildman–Crippen LogP) is 0.974. The molecule has 0 amide bonds. The Balaban J connectivity index is 3.15. The van der Waals surface area contributed by atoms with Gasteiger partial charge in [-0.15, -0.1) is 0 Å². The average molecular weight is 226 g/mol. The van der Waals surface area contributed by atoms with Crippen LogP contribution in [0.25, 0.3) is 0 Å². The Bertz CT molecular complexity index is 386. The number of methoxy groups -OCH3 is 2. The van der Waals surface area contributed by atoms with Gasteiger partial charge in [0.2, 0.25) is 0 Å². The molecular weight excluding hydrogens is 212 g/mol. The van der Waals surface area contributed by atoms with E-state index in [-0.39, 0.29) is 30.1 Å². The Morgan fingerprint density at radius 2 is 1.81 bits per heavy atom. The molecule has 1 aromatic carbocycles. The van der Waals surface area contributed by atoms with E-state index in [0.717, 1.165) is 0 Å². The maximum atomic E-state index is 11.5. The van der Waals surface area contributed by atoms with E-state index in [9.17, 15) is 9.90 Å². The summed E-state index contributed by atoms with van der Waals surface area (Å²) in [5.74, 6) is 0.180. The molecule has 0 aliphatic heterocycles. The number of carbonyl (C=O) groups excluding carboxylic acids is 1. The second-order valence-electron chi connectivity index (χ2n) is 3.12. The molecule has 2 N–H and O–H groups in total. The molecule has 5 nitrogen and oxygen atoms in total. The molecule has 5 heteroatoms. The molecule has 1 aromatic rings. The fourth-order valence-electron chi connectivity index (χ4n) is 1.33. The molecular formula is C11H14O5. The monoisotopic (exact) mass is 226 g/mol. The fourth-order valence-corrected chi connectivity index (χ4v) is 1.33. The molecule has 0 aliphatic rings. The van der Waals surface area contributed by atoms with Crippen molar-refractivity contribution in [3.8, 4) is 17.2 Å². The number of ether oxygens (including phenoxy) is 2. The van der Waals surface area contributed by atoms with E-state index in [2.05, 4.69) is 0 Å². The zero-order valence-electron chi connectivity index (χ0n) is 9.19. The van der Waals surface area contributed by atoms with Crippen molar-refractivity contribution in [2.75, 3.05) is 20.8 Å². The summed E-state index contributed by atoms with van der Waals surface area (Å²) in [6.45, 7) is -0.257. The van der Waals surface area contributed by atoms with Crippen molar-refractivity contribution in [1.82, 2.24) is 0 Å². The van der Waals surface area contributed by atoms with Crippen LogP contribution in [0.5, 0.6) is 17.2 Å². The number of aliphatic hydroxyl groups excluding tert-OH is 1. The Labute approximate surface area is 93.2 Å². The third-order valence-corrected chi connectivity index (χ3v) is 2.14. The van der Waals surface area contributed by atoms with Crippen molar-refractivity contribution in [1.29, 1.82) is 0 Å². The Hall–Kier alpha value is -1.75. The second kappa shape index (κ2) is 5.37. The van der Waals surface area contributed by atoms with Gasteiger partial charge in [0.1, 0.15) is 5.75 Å². The summed E-state index contributed by atoms with van der Waals surface area (Å²) in [6.07, 6.45) is -0.0386. The number of benzene rings is 1. The zero-order valence-corrected chi connectivity index (χ0v) is 9.19. The first-order chi connectivity index (χ1) is 7.63. The summed E-state index contributed by atoms with van der Waals surface area (Å²) in [5, 5.41) is 18.3. The second-order valence-corrected chi connectivity index (χ2v) is 3.12. The quantitative estimate of drug-likeness (QED) is 0.732. The van der Waals surface area contributed by atoms with E-state index in [0.29, 0.717) is 11.5 Å². The lowest BCUT2D eigenvalue weighted by Gasteiger charge is -2.10. The summed E-state index contributed by atoms with van der Waals surface area (Å²) in [6, 6.07) is 2.70. The molecule has 16 heavy (non-hydrogen) atoms. The number of aliphatic hydroxyl groups is 1. The third-order valence-electron chi connectivity index (χ3n) is 2.14. The van der Waals surface area contributed by atoms with Gasteiger partial charge in [-0.2, -0.15) is 0 Å². The Morgan fingerprint density at radius 3 is 2.31 bits per heavy atom. The van der Waals surface area contributed by atoms with Crippen LogP contribution in [0.2, 0.25) is 0 Å². The topological polar surface area (TPSA) is 76.0 Å². The molecule has 0 saturated carbocycles. The number of rotatable bonds is 5. The summed E-state index contributed by atoms with van der Waals surface area (Å²) >= 11 is 0. The number of hydrogen-bond acceptors (Lipinski definition) is 5. The maximum Gasteiger partial charge on any atom is 0.169 e. The van der Waals surface area contributed by atoms with E-state index in [1.54, 1.807) is 0 Å². The van der Waals surface area contributed by atoms with E-state index in [1.165, 1.54) is 26.4 Å². The van der Waals surface area contributed by atoms with Gasteiger partial charge in [0, 0.05) is 12.5 Å². The zero-order chi connectivity index (χ0) is 12.1. The van der Waals surface area contributed by atoms with Gasteiger partial charge in [0.15, 0.2) is 17.3 Å². The highest BCUT2D eigenvalue weighted by Gasteiger charge is 2.15. The minimum atomic E-state index is -0.346. The molecule has 0 fully saturated rings. The van der Waals surface area contributed by atoms with Crippen molar-refractivity contribution < 1.29 is 24.5 Å². The van der Waals surface area contributed by atoms with Crippen LogP contribution in [-0.2, 0) is 0 Å². The van der Waals surface area contributed by atoms with Crippen LogP contribution < -0.4 is 9.47 Å². The highest BCUT2D eigenvalue weighted by Crippen LogP contribution is 2.34. The molecule has 0 bridgehead atoms. The standard InChI is InChI=1S/C11H14O5/c1-15-10-5-7(8(13)3-4-12)9(14)6-11(10)16-2/h5-6,12,14H,3-4H2,1-2H3. The molecule has 0 atom stereocenters. The molecule has 0 aromatic heterocycles. The minimum Gasteiger partial charge on any atom is -0.507 e. The predicted molar refractivity (Wildman–Crippen MR) is 57.2 cm³/mol. The molecule has 0 spiro atoms. The van der Waals surface area contributed by atoms with E-state index < -0.39 is 0 Å². The van der Waals surface area contributed by atoms with Crippen LogP contribution in [0.15, 0.2) is 12.1 Å². The van der Waals surface area contributed by atoms with Crippen LogP contribution in [0.4, 0.5) is 0 Å². The molecule has 88 valence electrons. The molecule has 0 unspecified atom stereocenters. The van der Waals surface area contributed by atoms with E-state index in [1.807, 2.05) is 0 Å². The van der Waals surface area contributed by atoms with Gasteiger partial charge in [0.05, 0.1) is 26.4 Å². The lowest BCUT2D eigenvalue weighted by atomic mass is 10.1. The van der Waals surface area contributed by atoms with Gasteiger partial charge < -0.3 is 19.7 Å². The van der Waals surface area contributed by atoms with Crippen molar-refractivity contribution in [3.05, 3.63) is 17.7 Å². The molecule has 1 rings (SSSR count). The van der Waals surface area contributed by atoms with Crippen molar-refractivity contribution in [2.45, 2.75) is 6.42 Å². The number of phenolic OH excluding ortho intramolecular Hbond substituents is 1. The van der Waals surface area contributed by atoms with Crippen LogP contribution >= 0.6 is 0 Å². The lowest BCUT2D eigenvalue weighted by molar-refractivity contribution is 0.0953. The van der Waals surface area contributed by atoms with Crippen LogP contribution in [-0.4, -0.2) is 36.8 Å². The first-order valence-corrected chi connectivity index (χ1v) is 4.73. The van der Waals surface area contributed by atoms with Crippen LogP contribution in [0, 0.1) is 0 Å². The number of Topliss-reactive ketones (excluding diaryl/α,β-unsaturated/α-hetero) is 1. The summed E-state index contributed by atoms with van der Waals surface area (Å²) in [5.41, 5.74) is 0.117. The first-order valence-electron chi connectivity index (χ1n) is 4.73. The van der Waals surface area contributed by atoms with Gasteiger partial charge in [-0.05, 0) is 6.07 Å². The van der Waals surface area contributed by atoms with Crippen LogP contribution in [0.1, 0.15) is 16.8 Å². The number of aromatic hydroxyl groups is 1. The van der Waals surface area contributed by atoms with Crippen LogP contribution in [0.3, 0.4) is 0 Å². The van der Waals surface area contributed by atoms with Gasteiger partial charge in [-0.3, -0.25) is 4.79 Å². The van der Waals surface area contributed by atoms with E-state index in [4.69, 9.17) is 14.6 Å². The van der Waals surface area contributed by atoms with Gasteiger partial charge >= 0.3 is 0 Å². The smallest absolute Gasteiger partial charge is 0.169 e.